The topological polar surface area (TPSA) is 83.5 Å². The van der Waals surface area contributed by atoms with Crippen molar-refractivity contribution < 1.29 is 33.6 Å². The summed E-state index contributed by atoms with van der Waals surface area (Å²) in [7, 11) is 1.29. The van der Waals surface area contributed by atoms with Gasteiger partial charge in [0.05, 0.1) is 7.11 Å². The molecule has 0 unspecified atom stereocenters. The largest absolute Gasteiger partial charge is 0.466 e. The van der Waals surface area contributed by atoms with Crippen molar-refractivity contribution in [3.8, 4) is 12.3 Å². The lowest BCUT2D eigenvalue weighted by atomic mass is 9.99. The summed E-state index contributed by atoms with van der Waals surface area (Å²) in [5.41, 5.74) is 0. The highest BCUT2D eigenvalue weighted by molar-refractivity contribution is 5.81. The maximum atomic E-state index is 11.4. The Hall–Kier alpha value is -1.43. The van der Waals surface area contributed by atoms with Crippen LogP contribution in [0.25, 0.3) is 0 Å². The van der Waals surface area contributed by atoms with Crippen LogP contribution in [0, 0.1) is 12.3 Å². The molecule has 2 saturated heterocycles. The van der Waals surface area contributed by atoms with Crippen LogP contribution >= 0.6 is 0 Å². The van der Waals surface area contributed by atoms with Gasteiger partial charge in [-0.2, -0.15) is 0 Å². The predicted molar refractivity (Wildman–Crippen MR) is 83.6 cm³/mol. The second-order valence-corrected chi connectivity index (χ2v) is 6.62. The van der Waals surface area contributed by atoms with Crippen LogP contribution in [0.5, 0.6) is 0 Å². The van der Waals surface area contributed by atoms with E-state index in [4.69, 9.17) is 25.4 Å². The van der Waals surface area contributed by atoms with Crippen LogP contribution in [0.3, 0.4) is 0 Å². The molecule has 0 radical (unpaired) electrons. The molecule has 2 fully saturated rings. The first-order valence-electron chi connectivity index (χ1n) is 7.70. The van der Waals surface area contributed by atoms with E-state index in [0.717, 1.165) is 0 Å². The van der Waals surface area contributed by atoms with Crippen molar-refractivity contribution >= 4 is 5.97 Å². The van der Waals surface area contributed by atoms with Gasteiger partial charge in [-0.25, -0.2) is 4.79 Å². The molecule has 2 rings (SSSR count). The summed E-state index contributed by atoms with van der Waals surface area (Å²) >= 11 is 0. The third kappa shape index (κ3) is 4.15. The maximum absolute atomic E-state index is 11.4. The summed E-state index contributed by atoms with van der Waals surface area (Å²) in [6, 6.07) is 0. The van der Waals surface area contributed by atoms with Gasteiger partial charge in [-0.05, 0) is 33.8 Å². The van der Waals surface area contributed by atoms with Crippen molar-refractivity contribution in [3.05, 3.63) is 12.2 Å². The first kappa shape index (κ1) is 18.9. The third-order valence-corrected chi connectivity index (χ3v) is 3.76. The Bertz CT molecular complexity index is 546. The smallest absolute Gasteiger partial charge is 0.330 e. The van der Waals surface area contributed by atoms with Crippen molar-refractivity contribution in [2.45, 2.75) is 69.8 Å². The van der Waals surface area contributed by atoms with Crippen LogP contribution in [0.4, 0.5) is 0 Å². The van der Waals surface area contributed by atoms with Crippen molar-refractivity contribution in [2.24, 2.45) is 0 Å². The molecule has 0 amide bonds. The highest BCUT2D eigenvalue weighted by Gasteiger charge is 2.54. The molecule has 1 N–H and O–H groups in total. The second-order valence-electron chi connectivity index (χ2n) is 6.62. The van der Waals surface area contributed by atoms with Crippen molar-refractivity contribution in [3.63, 3.8) is 0 Å². The minimum absolute atomic E-state index is 0.508. The summed E-state index contributed by atoms with van der Waals surface area (Å²) in [5, 5.41) is 10.1. The molecule has 0 aromatic rings. The van der Waals surface area contributed by atoms with E-state index in [0.29, 0.717) is 0 Å². The van der Waals surface area contributed by atoms with E-state index in [1.54, 1.807) is 33.8 Å². The average molecular weight is 340 g/mol. The number of carbonyl (C=O) groups excluding carboxylic acids is 1. The molecule has 0 bridgehead atoms. The molecule has 7 nitrogen and oxygen atoms in total. The van der Waals surface area contributed by atoms with Gasteiger partial charge in [-0.1, -0.05) is 5.92 Å². The van der Waals surface area contributed by atoms with E-state index in [1.165, 1.54) is 13.2 Å². The van der Waals surface area contributed by atoms with E-state index >= 15 is 0 Å². The van der Waals surface area contributed by atoms with Crippen LogP contribution in [0.2, 0.25) is 0 Å². The number of hydrogen-bond donors (Lipinski definition) is 1. The van der Waals surface area contributed by atoms with Crippen molar-refractivity contribution in [1.29, 1.82) is 0 Å². The number of esters is 1. The molecule has 0 aliphatic carbocycles. The molecule has 2 aliphatic heterocycles. The molecule has 134 valence electrons. The van der Waals surface area contributed by atoms with Crippen LogP contribution < -0.4 is 0 Å². The fraction of sp³-hybridized carbons (Fsp3) is 0.706. The fourth-order valence-electron chi connectivity index (χ4n) is 2.87. The molecule has 0 saturated carbocycles. The number of rotatable bonds is 4. The standard InChI is InChI=1S/C17H24O7/c1-7-10(18)13-15(24-17(4,5)22-13)14-11(8-9-12(19)20-6)21-16(2,3)23-14/h1,8-11,13-15,18H,2-6H3/b9-8-/t10-,11-,13+,14+,15+/m0/s1. The Kier molecular flexibility index (Phi) is 5.37. The minimum atomic E-state index is -1.16. The lowest BCUT2D eigenvalue weighted by molar-refractivity contribution is -0.175. The zero-order valence-electron chi connectivity index (χ0n) is 14.5. The van der Waals surface area contributed by atoms with Gasteiger partial charge in [0, 0.05) is 6.08 Å². The Labute approximate surface area is 141 Å². The summed E-state index contributed by atoms with van der Waals surface area (Å²) in [6.07, 6.45) is 4.32. The molecule has 5 atom stereocenters. The second kappa shape index (κ2) is 6.82. The fourth-order valence-corrected chi connectivity index (χ4v) is 2.87. The van der Waals surface area contributed by atoms with Crippen LogP contribution in [-0.4, -0.2) is 60.3 Å². The number of aliphatic hydroxyl groups is 1. The van der Waals surface area contributed by atoms with Crippen molar-refractivity contribution in [2.75, 3.05) is 7.11 Å². The Morgan fingerprint density at radius 2 is 1.75 bits per heavy atom. The molecule has 2 aliphatic rings. The highest BCUT2D eigenvalue weighted by Crippen LogP contribution is 2.39. The number of ether oxygens (including phenoxy) is 5. The molecule has 7 heteroatoms. The third-order valence-electron chi connectivity index (χ3n) is 3.76. The summed E-state index contributed by atoms with van der Waals surface area (Å²) in [4.78, 5) is 11.4. The van der Waals surface area contributed by atoms with Gasteiger partial charge in [0.2, 0.25) is 0 Å². The van der Waals surface area contributed by atoms with Gasteiger partial charge in [0.15, 0.2) is 11.6 Å². The molecular formula is C17H24O7. The number of carbonyl (C=O) groups is 1. The normalized spacial score (nSPS) is 35.7. The zero-order valence-corrected chi connectivity index (χ0v) is 14.5. The number of terminal acetylenes is 1. The van der Waals surface area contributed by atoms with Gasteiger partial charge in [-0.15, -0.1) is 6.42 Å². The van der Waals surface area contributed by atoms with Gasteiger partial charge < -0.3 is 28.8 Å². The number of aliphatic hydroxyl groups excluding tert-OH is 1. The van der Waals surface area contributed by atoms with Gasteiger partial charge in [-0.3, -0.25) is 0 Å². The van der Waals surface area contributed by atoms with Crippen LogP contribution in [-0.2, 0) is 28.5 Å². The number of methoxy groups -OCH3 is 1. The van der Waals surface area contributed by atoms with E-state index < -0.39 is 48.1 Å². The summed E-state index contributed by atoms with van der Waals surface area (Å²) in [5.74, 6) is -0.0751. The summed E-state index contributed by atoms with van der Waals surface area (Å²) < 4.78 is 27.9. The molecular weight excluding hydrogens is 316 g/mol. The lowest BCUT2D eigenvalue weighted by Crippen LogP contribution is -2.45. The first-order chi connectivity index (χ1) is 11.1. The van der Waals surface area contributed by atoms with Gasteiger partial charge >= 0.3 is 5.97 Å². The minimum Gasteiger partial charge on any atom is -0.466 e. The molecule has 0 aromatic heterocycles. The quantitative estimate of drug-likeness (QED) is 0.459. The molecule has 2 heterocycles. The summed E-state index contributed by atoms with van der Waals surface area (Å²) in [6.45, 7) is 6.95. The van der Waals surface area contributed by atoms with E-state index in [-0.39, 0.29) is 0 Å². The Morgan fingerprint density at radius 3 is 2.33 bits per heavy atom. The SMILES string of the molecule is C#C[C@H](O)[C@H]1OC(C)(C)O[C@H]1[C@@H]1OC(C)(C)O[C@H]1/C=C\C(=O)OC. The predicted octanol–water partition coefficient (Wildman–Crippen LogP) is 0.750. The van der Waals surface area contributed by atoms with Gasteiger partial charge in [0.1, 0.15) is 30.5 Å². The highest BCUT2D eigenvalue weighted by atomic mass is 16.8. The zero-order chi connectivity index (χ0) is 18.1. The maximum Gasteiger partial charge on any atom is 0.330 e. The number of hydrogen-bond acceptors (Lipinski definition) is 7. The van der Waals surface area contributed by atoms with E-state index in [2.05, 4.69) is 10.7 Å². The van der Waals surface area contributed by atoms with Crippen molar-refractivity contribution in [1.82, 2.24) is 0 Å². The van der Waals surface area contributed by atoms with Crippen LogP contribution in [0.1, 0.15) is 27.7 Å². The van der Waals surface area contributed by atoms with Gasteiger partial charge in [0.25, 0.3) is 0 Å². The molecule has 0 spiro atoms. The van der Waals surface area contributed by atoms with E-state index in [1.807, 2.05) is 0 Å². The first-order valence-corrected chi connectivity index (χ1v) is 7.70. The lowest BCUT2D eigenvalue weighted by Gasteiger charge is -2.26. The monoisotopic (exact) mass is 340 g/mol. The van der Waals surface area contributed by atoms with Crippen LogP contribution in [0.15, 0.2) is 12.2 Å². The Balaban J connectivity index is 2.26. The molecule has 24 heavy (non-hydrogen) atoms. The average Bonchev–Trinajstić information content (AvgIpc) is 2.99. The Morgan fingerprint density at radius 1 is 1.17 bits per heavy atom. The molecule has 0 aromatic carbocycles. The van der Waals surface area contributed by atoms with E-state index in [9.17, 15) is 9.90 Å².